The van der Waals surface area contributed by atoms with Crippen molar-refractivity contribution in [3.63, 3.8) is 0 Å². The van der Waals surface area contributed by atoms with Gasteiger partial charge in [0.1, 0.15) is 5.00 Å². The summed E-state index contributed by atoms with van der Waals surface area (Å²) < 4.78 is 4.97. The van der Waals surface area contributed by atoms with E-state index in [4.69, 9.17) is 4.74 Å². The van der Waals surface area contributed by atoms with E-state index in [1.807, 2.05) is 0 Å². The molecule has 3 aliphatic rings. The number of hydrogen-bond acceptors (Lipinski definition) is 4. The van der Waals surface area contributed by atoms with Gasteiger partial charge in [-0.05, 0) is 62.3 Å². The van der Waals surface area contributed by atoms with Crippen LogP contribution in [-0.2, 0) is 22.4 Å². The second-order valence-electron chi connectivity index (χ2n) is 7.18. The first-order chi connectivity index (χ1) is 11.2. The van der Waals surface area contributed by atoms with Crippen LogP contribution < -0.4 is 5.32 Å². The number of thiophene rings is 1. The van der Waals surface area contributed by atoms with Gasteiger partial charge in [-0.15, -0.1) is 11.3 Å². The third kappa shape index (κ3) is 2.59. The molecule has 0 saturated heterocycles. The van der Waals surface area contributed by atoms with Crippen molar-refractivity contribution in [1.82, 2.24) is 0 Å². The van der Waals surface area contributed by atoms with Crippen LogP contribution in [0.2, 0.25) is 0 Å². The molecule has 5 heteroatoms. The molecule has 124 valence electrons. The SMILES string of the molecule is COC(=O)c1c(NC(=O)[C@@H]2C[C@@H]3CC[C@@H]2C3)sc2c1CCCC2. The lowest BCUT2D eigenvalue weighted by Gasteiger charge is -2.20. The minimum atomic E-state index is -0.312. The topological polar surface area (TPSA) is 55.4 Å². The highest BCUT2D eigenvalue weighted by molar-refractivity contribution is 7.17. The van der Waals surface area contributed by atoms with Gasteiger partial charge in [0, 0.05) is 10.8 Å². The third-order valence-electron chi connectivity index (χ3n) is 5.87. The van der Waals surface area contributed by atoms with Gasteiger partial charge in [-0.1, -0.05) is 6.42 Å². The normalized spacial score (nSPS) is 28.5. The van der Waals surface area contributed by atoms with Crippen molar-refractivity contribution in [2.45, 2.75) is 51.4 Å². The predicted octanol–water partition coefficient (Wildman–Crippen LogP) is 3.79. The van der Waals surface area contributed by atoms with Crippen LogP contribution in [0, 0.1) is 17.8 Å². The fourth-order valence-electron chi connectivity index (χ4n) is 4.74. The molecule has 0 aliphatic heterocycles. The Kier molecular flexibility index (Phi) is 3.92. The van der Waals surface area contributed by atoms with Crippen molar-refractivity contribution in [2.75, 3.05) is 12.4 Å². The quantitative estimate of drug-likeness (QED) is 0.856. The van der Waals surface area contributed by atoms with Crippen molar-refractivity contribution in [1.29, 1.82) is 0 Å². The summed E-state index contributed by atoms with van der Waals surface area (Å²) in [5.74, 6) is 1.23. The molecule has 0 radical (unpaired) electrons. The number of aryl methyl sites for hydroxylation is 1. The largest absolute Gasteiger partial charge is 0.465 e. The smallest absolute Gasteiger partial charge is 0.341 e. The number of amides is 1. The number of nitrogens with one attached hydrogen (secondary N) is 1. The van der Waals surface area contributed by atoms with Gasteiger partial charge in [-0.25, -0.2) is 4.79 Å². The highest BCUT2D eigenvalue weighted by Gasteiger charge is 2.43. The molecular formula is C18H23NO3S. The van der Waals surface area contributed by atoms with Crippen LogP contribution in [0.4, 0.5) is 5.00 Å². The summed E-state index contributed by atoms with van der Waals surface area (Å²) in [4.78, 5) is 26.2. The molecule has 2 fully saturated rings. The number of methoxy groups -OCH3 is 1. The zero-order valence-corrected chi connectivity index (χ0v) is 14.3. The maximum atomic E-state index is 12.7. The van der Waals surface area contributed by atoms with E-state index in [0.29, 0.717) is 11.5 Å². The van der Waals surface area contributed by atoms with E-state index in [2.05, 4.69) is 5.32 Å². The Morgan fingerprint density at radius 1 is 1.17 bits per heavy atom. The first kappa shape index (κ1) is 15.2. The lowest BCUT2D eigenvalue weighted by Crippen LogP contribution is -2.27. The average molecular weight is 333 g/mol. The number of esters is 1. The van der Waals surface area contributed by atoms with Crippen molar-refractivity contribution in [3.8, 4) is 0 Å². The molecule has 1 aromatic heterocycles. The molecular weight excluding hydrogens is 310 g/mol. The molecule has 1 heterocycles. The summed E-state index contributed by atoms with van der Waals surface area (Å²) in [6.07, 6.45) is 8.90. The van der Waals surface area contributed by atoms with Crippen LogP contribution in [0.15, 0.2) is 0 Å². The van der Waals surface area contributed by atoms with E-state index >= 15 is 0 Å². The molecule has 3 atom stereocenters. The van der Waals surface area contributed by atoms with Crippen LogP contribution in [0.5, 0.6) is 0 Å². The second kappa shape index (κ2) is 5.93. The minimum absolute atomic E-state index is 0.112. The Hall–Kier alpha value is -1.36. The van der Waals surface area contributed by atoms with E-state index in [-0.39, 0.29) is 17.8 Å². The van der Waals surface area contributed by atoms with Crippen LogP contribution in [-0.4, -0.2) is 19.0 Å². The molecule has 2 saturated carbocycles. The van der Waals surface area contributed by atoms with E-state index in [1.165, 1.54) is 31.2 Å². The van der Waals surface area contributed by atoms with Crippen LogP contribution >= 0.6 is 11.3 Å². The highest BCUT2D eigenvalue weighted by atomic mass is 32.1. The molecule has 4 nitrogen and oxygen atoms in total. The zero-order chi connectivity index (χ0) is 16.0. The van der Waals surface area contributed by atoms with E-state index in [0.717, 1.165) is 48.6 Å². The van der Waals surface area contributed by atoms with Gasteiger partial charge in [0.2, 0.25) is 5.91 Å². The number of carbonyl (C=O) groups is 2. The number of fused-ring (bicyclic) bond motifs is 3. The first-order valence-corrected chi connectivity index (χ1v) is 9.52. The Balaban J connectivity index is 1.59. The summed E-state index contributed by atoms with van der Waals surface area (Å²) in [5.41, 5.74) is 1.72. The third-order valence-corrected chi connectivity index (χ3v) is 7.08. The number of carbonyl (C=O) groups excluding carboxylic acids is 2. The van der Waals surface area contributed by atoms with Gasteiger partial charge in [-0.3, -0.25) is 4.79 Å². The van der Waals surface area contributed by atoms with Crippen molar-refractivity contribution >= 4 is 28.2 Å². The van der Waals surface area contributed by atoms with Crippen LogP contribution in [0.1, 0.15) is 59.3 Å². The molecule has 1 N–H and O–H groups in total. The fraction of sp³-hybridized carbons (Fsp3) is 0.667. The summed E-state index contributed by atoms with van der Waals surface area (Å²) in [6.45, 7) is 0. The molecule has 23 heavy (non-hydrogen) atoms. The molecule has 0 unspecified atom stereocenters. The fourth-order valence-corrected chi connectivity index (χ4v) is 6.02. The molecule has 3 aliphatic carbocycles. The zero-order valence-electron chi connectivity index (χ0n) is 13.5. The minimum Gasteiger partial charge on any atom is -0.465 e. The number of rotatable bonds is 3. The standard InChI is InChI=1S/C18H23NO3S/c1-22-18(21)15-12-4-2-3-5-14(12)23-17(15)19-16(20)13-9-10-6-7-11(13)8-10/h10-11,13H,2-9H2,1H3,(H,19,20)/t10-,11-,13-/m1/s1. The van der Waals surface area contributed by atoms with Gasteiger partial charge < -0.3 is 10.1 Å². The van der Waals surface area contributed by atoms with Gasteiger partial charge in [0.25, 0.3) is 0 Å². The second-order valence-corrected chi connectivity index (χ2v) is 8.28. The Morgan fingerprint density at radius 3 is 2.70 bits per heavy atom. The molecule has 4 rings (SSSR count). The Labute approximate surface area is 140 Å². The lowest BCUT2D eigenvalue weighted by molar-refractivity contribution is -0.121. The van der Waals surface area contributed by atoms with Crippen molar-refractivity contribution in [3.05, 3.63) is 16.0 Å². The maximum absolute atomic E-state index is 12.7. The van der Waals surface area contributed by atoms with Gasteiger partial charge >= 0.3 is 5.97 Å². The summed E-state index contributed by atoms with van der Waals surface area (Å²) in [7, 11) is 1.41. The summed E-state index contributed by atoms with van der Waals surface area (Å²) in [5, 5.41) is 3.81. The van der Waals surface area contributed by atoms with E-state index in [9.17, 15) is 9.59 Å². The van der Waals surface area contributed by atoms with Gasteiger partial charge in [-0.2, -0.15) is 0 Å². The molecule has 0 spiro atoms. The van der Waals surface area contributed by atoms with Gasteiger partial charge in [0.15, 0.2) is 0 Å². The van der Waals surface area contributed by atoms with E-state index < -0.39 is 0 Å². The summed E-state index contributed by atoms with van der Waals surface area (Å²) >= 11 is 1.58. The number of ether oxygens (including phenoxy) is 1. The van der Waals surface area contributed by atoms with Crippen molar-refractivity contribution < 1.29 is 14.3 Å². The monoisotopic (exact) mass is 333 g/mol. The molecule has 1 aromatic rings. The predicted molar refractivity (Wildman–Crippen MR) is 89.9 cm³/mol. The van der Waals surface area contributed by atoms with Gasteiger partial charge in [0.05, 0.1) is 12.7 Å². The summed E-state index contributed by atoms with van der Waals surface area (Å²) in [6, 6.07) is 0. The molecule has 2 bridgehead atoms. The maximum Gasteiger partial charge on any atom is 0.341 e. The van der Waals surface area contributed by atoms with E-state index in [1.54, 1.807) is 11.3 Å². The lowest BCUT2D eigenvalue weighted by atomic mass is 9.88. The molecule has 1 amide bonds. The van der Waals surface area contributed by atoms with Crippen LogP contribution in [0.25, 0.3) is 0 Å². The average Bonchev–Trinajstić information content (AvgIpc) is 3.27. The van der Waals surface area contributed by atoms with Crippen LogP contribution in [0.3, 0.4) is 0 Å². The number of anilines is 1. The number of hydrogen-bond donors (Lipinski definition) is 1. The Bertz CT molecular complexity index is 651. The van der Waals surface area contributed by atoms with Crippen molar-refractivity contribution in [2.24, 2.45) is 17.8 Å². The first-order valence-electron chi connectivity index (χ1n) is 8.71. The highest BCUT2D eigenvalue weighted by Crippen LogP contribution is 2.49. The molecule has 0 aromatic carbocycles. The Morgan fingerprint density at radius 2 is 2.00 bits per heavy atom.